The number of ether oxygens (including phenoxy) is 2. The number of H-pyrrole nitrogens is 1. The Morgan fingerprint density at radius 3 is 2.52 bits per heavy atom. The van der Waals surface area contributed by atoms with Crippen LogP contribution in [0.4, 0.5) is 0 Å². The molecule has 0 spiro atoms. The van der Waals surface area contributed by atoms with Crippen molar-refractivity contribution in [3.05, 3.63) is 78.4 Å². The van der Waals surface area contributed by atoms with Crippen molar-refractivity contribution in [1.82, 2.24) is 9.97 Å². The molecular weight excluding hydrogens is 312 g/mol. The van der Waals surface area contributed by atoms with E-state index in [4.69, 9.17) is 9.47 Å². The minimum Gasteiger partial charge on any atom is -0.496 e. The van der Waals surface area contributed by atoms with Gasteiger partial charge in [0, 0.05) is 11.1 Å². The van der Waals surface area contributed by atoms with Gasteiger partial charge in [-0.3, -0.25) is 0 Å². The van der Waals surface area contributed by atoms with Gasteiger partial charge in [0.05, 0.1) is 18.1 Å². The average molecular weight is 330 g/mol. The molecule has 1 N–H and O–H groups in total. The number of hydrogen-bond donors (Lipinski definition) is 1. The molecule has 4 heteroatoms. The highest BCUT2D eigenvalue weighted by atomic mass is 16.5. The van der Waals surface area contributed by atoms with E-state index in [1.807, 2.05) is 66.7 Å². The molecule has 4 nitrogen and oxygen atoms in total. The number of rotatable bonds is 5. The molecule has 0 aliphatic heterocycles. The van der Waals surface area contributed by atoms with Crippen molar-refractivity contribution in [1.29, 1.82) is 0 Å². The molecule has 0 unspecified atom stereocenters. The van der Waals surface area contributed by atoms with E-state index in [-0.39, 0.29) is 0 Å². The Kier molecular flexibility index (Phi) is 4.09. The molecular formula is C21H18N2O2. The summed E-state index contributed by atoms with van der Waals surface area (Å²) in [6.45, 7) is 0.432. The van der Waals surface area contributed by atoms with Crippen molar-refractivity contribution in [3.8, 4) is 22.9 Å². The highest BCUT2D eigenvalue weighted by Crippen LogP contribution is 2.27. The first-order chi connectivity index (χ1) is 12.3. The molecule has 0 aliphatic carbocycles. The van der Waals surface area contributed by atoms with Crippen LogP contribution in [0.3, 0.4) is 0 Å². The first-order valence-electron chi connectivity index (χ1n) is 8.13. The van der Waals surface area contributed by atoms with Crippen molar-refractivity contribution in [2.75, 3.05) is 7.11 Å². The predicted molar refractivity (Wildman–Crippen MR) is 98.9 cm³/mol. The van der Waals surface area contributed by atoms with E-state index < -0.39 is 0 Å². The fourth-order valence-corrected chi connectivity index (χ4v) is 2.81. The number of hydrogen-bond acceptors (Lipinski definition) is 3. The molecule has 25 heavy (non-hydrogen) atoms. The van der Waals surface area contributed by atoms with Crippen LogP contribution < -0.4 is 9.47 Å². The summed E-state index contributed by atoms with van der Waals surface area (Å²) >= 11 is 0. The third-order valence-corrected chi connectivity index (χ3v) is 4.08. The molecule has 0 atom stereocenters. The van der Waals surface area contributed by atoms with Gasteiger partial charge >= 0.3 is 0 Å². The third-order valence-electron chi connectivity index (χ3n) is 4.08. The van der Waals surface area contributed by atoms with E-state index in [0.29, 0.717) is 6.61 Å². The summed E-state index contributed by atoms with van der Waals surface area (Å²) in [6, 6.07) is 23.8. The molecule has 0 bridgehead atoms. The number of para-hydroxylation sites is 3. The zero-order valence-electron chi connectivity index (χ0n) is 13.9. The van der Waals surface area contributed by atoms with Crippen LogP contribution >= 0.6 is 0 Å². The predicted octanol–water partition coefficient (Wildman–Crippen LogP) is 4.82. The first kappa shape index (κ1) is 15.3. The molecule has 0 saturated carbocycles. The number of imidazole rings is 1. The maximum atomic E-state index is 5.87. The molecule has 4 rings (SSSR count). The minimum absolute atomic E-state index is 0.432. The van der Waals surface area contributed by atoms with Gasteiger partial charge in [-0.2, -0.15) is 0 Å². The number of methoxy groups -OCH3 is 1. The second kappa shape index (κ2) is 6.69. The van der Waals surface area contributed by atoms with Crippen LogP contribution in [0.5, 0.6) is 11.5 Å². The SMILES string of the molecule is COc1ccc(-c2nc3ccccc3[nH]2)cc1COc1ccccc1. The van der Waals surface area contributed by atoms with Crippen LogP contribution in [-0.4, -0.2) is 17.1 Å². The third kappa shape index (κ3) is 3.19. The maximum Gasteiger partial charge on any atom is 0.138 e. The molecule has 1 aromatic heterocycles. The van der Waals surface area contributed by atoms with E-state index >= 15 is 0 Å². The summed E-state index contributed by atoms with van der Waals surface area (Å²) in [5, 5.41) is 0. The molecule has 3 aromatic carbocycles. The topological polar surface area (TPSA) is 47.1 Å². The second-order valence-corrected chi connectivity index (χ2v) is 5.73. The van der Waals surface area contributed by atoms with Crippen LogP contribution in [0, 0.1) is 0 Å². The molecule has 0 radical (unpaired) electrons. The van der Waals surface area contributed by atoms with Gasteiger partial charge in [0.2, 0.25) is 0 Å². The largest absolute Gasteiger partial charge is 0.496 e. The van der Waals surface area contributed by atoms with E-state index in [2.05, 4.69) is 16.0 Å². The van der Waals surface area contributed by atoms with Crippen molar-refractivity contribution in [2.45, 2.75) is 6.61 Å². The van der Waals surface area contributed by atoms with Crippen molar-refractivity contribution >= 4 is 11.0 Å². The Balaban J connectivity index is 1.65. The van der Waals surface area contributed by atoms with E-state index in [0.717, 1.165) is 39.5 Å². The molecule has 0 amide bonds. The van der Waals surface area contributed by atoms with Gasteiger partial charge in [-0.05, 0) is 42.5 Å². The molecule has 4 aromatic rings. The lowest BCUT2D eigenvalue weighted by Gasteiger charge is -2.11. The zero-order valence-corrected chi connectivity index (χ0v) is 13.9. The lowest BCUT2D eigenvalue weighted by Crippen LogP contribution is -1.99. The van der Waals surface area contributed by atoms with E-state index in [9.17, 15) is 0 Å². The van der Waals surface area contributed by atoms with Crippen LogP contribution in [0.2, 0.25) is 0 Å². The summed E-state index contributed by atoms with van der Waals surface area (Å²) in [5.74, 6) is 2.47. The summed E-state index contributed by atoms with van der Waals surface area (Å²) in [6.07, 6.45) is 0. The minimum atomic E-state index is 0.432. The summed E-state index contributed by atoms with van der Waals surface area (Å²) in [5.41, 5.74) is 3.96. The molecule has 0 saturated heterocycles. The lowest BCUT2D eigenvalue weighted by atomic mass is 10.1. The number of aromatic amines is 1. The molecule has 124 valence electrons. The lowest BCUT2D eigenvalue weighted by molar-refractivity contribution is 0.297. The second-order valence-electron chi connectivity index (χ2n) is 5.73. The van der Waals surface area contributed by atoms with E-state index in [1.54, 1.807) is 7.11 Å². The highest BCUT2D eigenvalue weighted by Gasteiger charge is 2.10. The fraction of sp³-hybridized carbons (Fsp3) is 0.0952. The average Bonchev–Trinajstić information content (AvgIpc) is 3.11. The van der Waals surface area contributed by atoms with Gasteiger partial charge in [-0.1, -0.05) is 30.3 Å². The van der Waals surface area contributed by atoms with Crippen molar-refractivity contribution in [2.24, 2.45) is 0 Å². The Labute approximate surface area is 146 Å². The Morgan fingerprint density at radius 1 is 0.920 bits per heavy atom. The smallest absolute Gasteiger partial charge is 0.138 e. The Hall–Kier alpha value is -3.27. The van der Waals surface area contributed by atoms with Gasteiger partial charge in [-0.25, -0.2) is 4.98 Å². The van der Waals surface area contributed by atoms with Crippen LogP contribution in [0.15, 0.2) is 72.8 Å². The van der Waals surface area contributed by atoms with Crippen LogP contribution in [-0.2, 0) is 6.61 Å². The fourth-order valence-electron chi connectivity index (χ4n) is 2.81. The molecule has 0 fully saturated rings. The zero-order chi connectivity index (χ0) is 17.1. The van der Waals surface area contributed by atoms with Gasteiger partial charge in [0.15, 0.2) is 0 Å². The Bertz CT molecular complexity index is 960. The maximum absolute atomic E-state index is 5.87. The number of benzene rings is 3. The van der Waals surface area contributed by atoms with Gasteiger partial charge in [-0.15, -0.1) is 0 Å². The van der Waals surface area contributed by atoms with E-state index in [1.165, 1.54) is 0 Å². The number of nitrogens with one attached hydrogen (secondary N) is 1. The van der Waals surface area contributed by atoms with Gasteiger partial charge < -0.3 is 14.5 Å². The molecule has 0 aliphatic rings. The first-order valence-corrected chi connectivity index (χ1v) is 8.13. The van der Waals surface area contributed by atoms with Crippen molar-refractivity contribution < 1.29 is 9.47 Å². The van der Waals surface area contributed by atoms with Gasteiger partial charge in [0.1, 0.15) is 23.9 Å². The Morgan fingerprint density at radius 2 is 1.72 bits per heavy atom. The quantitative estimate of drug-likeness (QED) is 0.571. The number of aromatic nitrogens is 2. The number of fused-ring (bicyclic) bond motifs is 1. The number of nitrogens with zero attached hydrogens (tertiary/aromatic N) is 1. The standard InChI is InChI=1S/C21H18N2O2/c1-24-20-12-11-15(21-22-18-9-5-6-10-19(18)23-21)13-16(20)14-25-17-7-3-2-4-8-17/h2-13H,14H2,1H3,(H,22,23). The summed E-state index contributed by atoms with van der Waals surface area (Å²) in [7, 11) is 1.67. The normalized spacial score (nSPS) is 10.8. The van der Waals surface area contributed by atoms with Crippen LogP contribution in [0.1, 0.15) is 5.56 Å². The molecule has 1 heterocycles. The van der Waals surface area contributed by atoms with Gasteiger partial charge in [0.25, 0.3) is 0 Å². The van der Waals surface area contributed by atoms with Crippen LogP contribution in [0.25, 0.3) is 22.4 Å². The summed E-state index contributed by atoms with van der Waals surface area (Å²) in [4.78, 5) is 8.02. The highest BCUT2D eigenvalue weighted by molar-refractivity contribution is 5.79. The monoisotopic (exact) mass is 330 g/mol. The van der Waals surface area contributed by atoms with Crippen molar-refractivity contribution in [3.63, 3.8) is 0 Å². The summed E-state index contributed by atoms with van der Waals surface area (Å²) < 4.78 is 11.3.